The summed E-state index contributed by atoms with van der Waals surface area (Å²) in [5, 5.41) is 3.27. The zero-order valence-corrected chi connectivity index (χ0v) is 17.8. The number of hydrogen-bond acceptors (Lipinski definition) is 5. The van der Waals surface area contributed by atoms with Gasteiger partial charge in [0.05, 0.1) is 25.0 Å². The van der Waals surface area contributed by atoms with Crippen molar-refractivity contribution in [2.45, 2.75) is 24.9 Å². The monoisotopic (exact) mass is 498 g/mol. The van der Waals surface area contributed by atoms with Crippen LogP contribution in [0, 0.1) is 0 Å². The maximum Gasteiger partial charge on any atom is 0.441 e. The normalized spacial score (nSPS) is 13.6. The van der Waals surface area contributed by atoms with Crippen molar-refractivity contribution in [3.05, 3.63) is 58.6 Å². The highest BCUT2D eigenvalue weighted by Crippen LogP contribution is 2.37. The third-order valence-electron chi connectivity index (χ3n) is 4.24. The van der Waals surface area contributed by atoms with Crippen LogP contribution in [0.5, 0.6) is 5.75 Å². The van der Waals surface area contributed by atoms with Crippen LogP contribution in [0.4, 0.5) is 32.0 Å². The van der Waals surface area contributed by atoms with E-state index in [-0.39, 0.29) is 10.8 Å². The summed E-state index contributed by atoms with van der Waals surface area (Å²) in [6, 6.07) is 6.17. The van der Waals surface area contributed by atoms with E-state index in [1.165, 1.54) is 24.4 Å². The summed E-state index contributed by atoms with van der Waals surface area (Å²) in [4.78, 5) is 25.1. The largest absolute Gasteiger partial charge is 0.495 e. The number of halogens is 7. The molecule has 0 spiro atoms. The van der Waals surface area contributed by atoms with Gasteiger partial charge in [0.2, 0.25) is 0 Å². The summed E-state index contributed by atoms with van der Waals surface area (Å²) in [5.41, 5.74) is -6.39. The fourth-order valence-corrected chi connectivity index (χ4v) is 2.86. The summed E-state index contributed by atoms with van der Waals surface area (Å²) in [5.74, 6) is -3.76. The number of carbonyl (C=O) groups is 2. The summed E-state index contributed by atoms with van der Waals surface area (Å²) in [6.07, 6.45) is -10.4. The van der Waals surface area contributed by atoms with Gasteiger partial charge in [0, 0.05) is 10.6 Å². The molecule has 0 radical (unpaired) electrons. The van der Waals surface area contributed by atoms with E-state index in [1.54, 1.807) is 0 Å². The molecule has 0 aliphatic carbocycles. The average Bonchev–Trinajstić information content (AvgIpc) is 2.72. The second kappa shape index (κ2) is 9.77. The molecule has 0 bridgehead atoms. The van der Waals surface area contributed by atoms with Gasteiger partial charge in [0.25, 0.3) is 5.91 Å². The first kappa shape index (κ1) is 26.1. The highest BCUT2D eigenvalue weighted by atomic mass is 35.5. The molecule has 0 saturated heterocycles. The molecular formula is C20H17ClF6N2O4. The zero-order chi connectivity index (χ0) is 25.0. The standard InChI is InChI=1S/C20H17ClF6N2O4/c1-3-33-17(31)18(20(25,26)27,28-14-10-13(21)7-8-15(14)32-2)29-16(30)11-5-4-6-12(9-11)19(22,23)24/h4-10,28H,3H2,1-2H3,(H,29,30). The molecule has 2 aromatic carbocycles. The van der Waals surface area contributed by atoms with Crippen molar-refractivity contribution in [2.75, 3.05) is 19.0 Å². The van der Waals surface area contributed by atoms with Crippen molar-refractivity contribution >= 4 is 29.2 Å². The molecule has 1 amide bonds. The van der Waals surface area contributed by atoms with Crippen LogP contribution in [0.3, 0.4) is 0 Å². The van der Waals surface area contributed by atoms with E-state index in [0.717, 1.165) is 25.3 Å². The van der Waals surface area contributed by atoms with Crippen LogP contribution in [0.2, 0.25) is 5.02 Å². The molecule has 2 N–H and O–H groups in total. The zero-order valence-electron chi connectivity index (χ0n) is 17.0. The van der Waals surface area contributed by atoms with Crippen LogP contribution in [0.25, 0.3) is 0 Å². The van der Waals surface area contributed by atoms with E-state index < -0.39 is 53.3 Å². The van der Waals surface area contributed by atoms with Crippen molar-refractivity contribution in [3.63, 3.8) is 0 Å². The third kappa shape index (κ3) is 5.81. The first-order chi connectivity index (χ1) is 15.2. The number of nitrogens with one attached hydrogen (secondary N) is 2. The molecule has 0 heterocycles. The van der Waals surface area contributed by atoms with Crippen molar-refractivity contribution in [2.24, 2.45) is 0 Å². The number of rotatable bonds is 7. The Morgan fingerprint density at radius 2 is 1.70 bits per heavy atom. The Morgan fingerprint density at radius 1 is 1.03 bits per heavy atom. The van der Waals surface area contributed by atoms with E-state index in [4.69, 9.17) is 16.3 Å². The second-order valence-electron chi connectivity index (χ2n) is 6.47. The van der Waals surface area contributed by atoms with Crippen molar-refractivity contribution in [1.82, 2.24) is 5.32 Å². The quantitative estimate of drug-likeness (QED) is 0.318. The van der Waals surface area contributed by atoms with Gasteiger partial charge in [-0.2, -0.15) is 26.3 Å². The SMILES string of the molecule is CCOC(=O)C(NC(=O)c1cccc(C(F)(F)F)c1)(Nc1cc(Cl)ccc1OC)C(F)(F)F. The minimum atomic E-state index is -5.52. The maximum atomic E-state index is 14.3. The minimum absolute atomic E-state index is 0.0394. The fourth-order valence-electron chi connectivity index (χ4n) is 2.69. The van der Waals surface area contributed by atoms with Crippen LogP contribution < -0.4 is 15.4 Å². The predicted octanol–water partition coefficient (Wildman–Crippen LogP) is 5.03. The smallest absolute Gasteiger partial charge is 0.441 e. The Kier molecular flexibility index (Phi) is 7.73. The maximum absolute atomic E-state index is 14.3. The van der Waals surface area contributed by atoms with E-state index in [1.807, 2.05) is 5.32 Å². The van der Waals surface area contributed by atoms with E-state index in [0.29, 0.717) is 12.1 Å². The molecule has 2 aromatic rings. The predicted molar refractivity (Wildman–Crippen MR) is 106 cm³/mol. The first-order valence-corrected chi connectivity index (χ1v) is 9.48. The number of benzene rings is 2. The lowest BCUT2D eigenvalue weighted by Crippen LogP contribution is -2.69. The molecule has 0 saturated carbocycles. The molecule has 1 atom stereocenters. The highest BCUT2D eigenvalue weighted by Gasteiger charge is 2.64. The molecule has 1 unspecified atom stereocenters. The lowest BCUT2D eigenvalue weighted by molar-refractivity contribution is -0.204. The molecular weight excluding hydrogens is 482 g/mol. The molecule has 0 fully saturated rings. The van der Waals surface area contributed by atoms with Crippen LogP contribution in [0.15, 0.2) is 42.5 Å². The molecule has 2 rings (SSSR count). The highest BCUT2D eigenvalue weighted by molar-refractivity contribution is 6.31. The third-order valence-corrected chi connectivity index (χ3v) is 4.48. The van der Waals surface area contributed by atoms with Crippen molar-refractivity contribution in [3.8, 4) is 5.75 Å². The van der Waals surface area contributed by atoms with Gasteiger partial charge in [-0.15, -0.1) is 0 Å². The summed E-state index contributed by atoms with van der Waals surface area (Å²) >= 11 is 5.83. The average molecular weight is 499 g/mol. The van der Waals surface area contributed by atoms with Gasteiger partial charge in [-0.25, -0.2) is 4.79 Å². The van der Waals surface area contributed by atoms with Crippen LogP contribution >= 0.6 is 11.6 Å². The number of methoxy groups -OCH3 is 1. The van der Waals surface area contributed by atoms with E-state index >= 15 is 0 Å². The number of esters is 1. The van der Waals surface area contributed by atoms with Crippen LogP contribution in [-0.4, -0.2) is 37.4 Å². The van der Waals surface area contributed by atoms with E-state index in [2.05, 4.69) is 4.74 Å². The van der Waals surface area contributed by atoms with Gasteiger partial charge in [-0.05, 0) is 43.3 Å². The Hall–Kier alpha value is -3.15. The minimum Gasteiger partial charge on any atom is -0.495 e. The van der Waals surface area contributed by atoms with Gasteiger partial charge >= 0.3 is 24.0 Å². The Morgan fingerprint density at radius 3 is 2.24 bits per heavy atom. The number of amides is 1. The van der Waals surface area contributed by atoms with Crippen molar-refractivity contribution in [1.29, 1.82) is 0 Å². The number of carbonyl (C=O) groups excluding carboxylic acids is 2. The van der Waals surface area contributed by atoms with Gasteiger partial charge in [-0.1, -0.05) is 17.7 Å². The Bertz CT molecular complexity index is 1030. The lowest BCUT2D eigenvalue weighted by atomic mass is 10.1. The number of anilines is 1. The second-order valence-corrected chi connectivity index (χ2v) is 6.91. The molecule has 0 aliphatic rings. The number of alkyl halides is 6. The molecule has 0 aromatic heterocycles. The van der Waals surface area contributed by atoms with Gasteiger partial charge < -0.3 is 20.1 Å². The fraction of sp³-hybridized carbons (Fsp3) is 0.300. The van der Waals surface area contributed by atoms with Crippen LogP contribution in [-0.2, 0) is 15.7 Å². The molecule has 180 valence electrons. The molecule has 33 heavy (non-hydrogen) atoms. The summed E-state index contributed by atoms with van der Waals surface area (Å²) in [7, 11) is 1.13. The molecule has 0 aliphatic heterocycles. The molecule has 13 heteroatoms. The Labute approximate surface area is 188 Å². The lowest BCUT2D eigenvalue weighted by Gasteiger charge is -2.35. The van der Waals surface area contributed by atoms with Gasteiger partial charge in [0.15, 0.2) is 0 Å². The summed E-state index contributed by atoms with van der Waals surface area (Å²) in [6.45, 7) is 0.734. The van der Waals surface area contributed by atoms with E-state index in [9.17, 15) is 35.9 Å². The topological polar surface area (TPSA) is 76.7 Å². The van der Waals surface area contributed by atoms with Crippen LogP contribution in [0.1, 0.15) is 22.8 Å². The number of hydrogen-bond donors (Lipinski definition) is 2. The molecule has 6 nitrogen and oxygen atoms in total. The van der Waals surface area contributed by atoms with Gasteiger partial charge in [-0.3, -0.25) is 4.79 Å². The van der Waals surface area contributed by atoms with Crippen molar-refractivity contribution < 1.29 is 45.4 Å². The Balaban J connectivity index is 2.61. The number of ether oxygens (including phenoxy) is 2. The van der Waals surface area contributed by atoms with Gasteiger partial charge in [0.1, 0.15) is 5.75 Å². The first-order valence-electron chi connectivity index (χ1n) is 9.10. The summed E-state index contributed by atoms with van der Waals surface area (Å²) < 4.78 is 91.3.